The monoisotopic (exact) mass is 794 g/mol. The average Bonchev–Trinajstić information content (AvgIpc) is 3.88. The van der Waals surface area contributed by atoms with Crippen LogP contribution in [0.15, 0.2) is 231 Å². The Morgan fingerprint density at radius 3 is 1.70 bits per heavy atom. The van der Waals surface area contributed by atoms with E-state index < -0.39 is 0 Å². The summed E-state index contributed by atoms with van der Waals surface area (Å²) in [5.74, 6) is 0. The van der Waals surface area contributed by atoms with Gasteiger partial charge in [0.05, 0.1) is 27.1 Å². The van der Waals surface area contributed by atoms with Crippen LogP contribution >= 0.6 is 11.3 Å². The molecule has 0 fully saturated rings. The summed E-state index contributed by atoms with van der Waals surface area (Å²) >= 11 is 1.87. The van der Waals surface area contributed by atoms with Gasteiger partial charge in [-0.1, -0.05) is 176 Å². The van der Waals surface area contributed by atoms with Gasteiger partial charge in [-0.2, -0.15) is 0 Å². The maximum atomic E-state index is 2.43. The van der Waals surface area contributed by atoms with Crippen molar-refractivity contribution in [3.05, 3.63) is 231 Å². The second-order valence-corrected chi connectivity index (χ2v) is 16.7. The third kappa shape index (κ3) is 5.93. The lowest BCUT2D eigenvalue weighted by Crippen LogP contribution is -2.10. The third-order valence-corrected chi connectivity index (χ3v) is 13.4. The molecule has 10 aromatic carbocycles. The quantitative estimate of drug-likeness (QED) is 0.156. The number of hydrogen-bond donors (Lipinski definition) is 0. The largest absolute Gasteiger partial charge is 0.309 e. The molecule has 0 spiro atoms. The first-order valence-electron chi connectivity index (χ1n) is 20.8. The first-order chi connectivity index (χ1) is 30.3. The van der Waals surface area contributed by atoms with Crippen LogP contribution in [0.4, 0.5) is 17.1 Å². The summed E-state index contributed by atoms with van der Waals surface area (Å²) in [6.07, 6.45) is 0. The van der Waals surface area contributed by atoms with Crippen molar-refractivity contribution < 1.29 is 0 Å². The van der Waals surface area contributed by atoms with Gasteiger partial charge in [-0.3, -0.25) is 0 Å². The van der Waals surface area contributed by atoms with Crippen LogP contribution in [0, 0.1) is 0 Å². The van der Waals surface area contributed by atoms with Crippen molar-refractivity contribution in [2.75, 3.05) is 4.90 Å². The van der Waals surface area contributed by atoms with Crippen LogP contribution in [0.2, 0.25) is 0 Å². The fourth-order valence-electron chi connectivity index (χ4n) is 9.36. The summed E-state index contributed by atoms with van der Waals surface area (Å²) in [6, 6.07) is 84.1. The van der Waals surface area contributed by atoms with E-state index in [1.54, 1.807) is 0 Å². The van der Waals surface area contributed by atoms with E-state index in [0.29, 0.717) is 0 Å². The number of thiophene rings is 1. The van der Waals surface area contributed by atoms with E-state index in [4.69, 9.17) is 0 Å². The van der Waals surface area contributed by atoms with Crippen molar-refractivity contribution in [1.82, 2.24) is 4.57 Å². The molecule has 12 aromatic rings. The molecule has 0 bridgehead atoms. The van der Waals surface area contributed by atoms with Gasteiger partial charge in [-0.25, -0.2) is 0 Å². The van der Waals surface area contributed by atoms with Crippen molar-refractivity contribution >= 4 is 81.1 Å². The number of para-hydroxylation sites is 3. The van der Waals surface area contributed by atoms with Gasteiger partial charge < -0.3 is 9.47 Å². The molecule has 0 aliphatic heterocycles. The molecule has 0 aliphatic rings. The van der Waals surface area contributed by atoms with E-state index in [9.17, 15) is 0 Å². The molecule has 0 atom stereocenters. The van der Waals surface area contributed by atoms with Gasteiger partial charge in [0, 0.05) is 43.2 Å². The van der Waals surface area contributed by atoms with Gasteiger partial charge in [-0.15, -0.1) is 11.3 Å². The van der Waals surface area contributed by atoms with Gasteiger partial charge in [0.25, 0.3) is 0 Å². The number of benzene rings is 10. The topological polar surface area (TPSA) is 8.17 Å². The molecule has 0 radical (unpaired) electrons. The zero-order chi connectivity index (χ0) is 40.3. The predicted molar refractivity (Wildman–Crippen MR) is 262 cm³/mol. The molecule has 61 heavy (non-hydrogen) atoms. The van der Waals surface area contributed by atoms with Crippen molar-refractivity contribution in [3.8, 4) is 39.1 Å². The highest BCUT2D eigenvalue weighted by atomic mass is 32.1. The molecule has 286 valence electrons. The van der Waals surface area contributed by atoms with Crippen molar-refractivity contribution in [2.24, 2.45) is 0 Å². The lowest BCUT2D eigenvalue weighted by Gasteiger charge is -2.27. The first kappa shape index (κ1) is 35.2. The van der Waals surface area contributed by atoms with Crippen LogP contribution in [-0.4, -0.2) is 4.57 Å². The van der Waals surface area contributed by atoms with E-state index in [2.05, 4.69) is 240 Å². The molecule has 0 saturated heterocycles. The lowest BCUT2D eigenvalue weighted by atomic mass is 9.97. The number of anilines is 3. The zero-order valence-electron chi connectivity index (χ0n) is 33.2. The van der Waals surface area contributed by atoms with E-state index in [0.717, 1.165) is 11.4 Å². The summed E-state index contributed by atoms with van der Waals surface area (Å²) in [5, 5.41) is 7.62. The molecular formula is C58H38N2S. The van der Waals surface area contributed by atoms with Crippen LogP contribution in [0.1, 0.15) is 0 Å². The number of rotatable bonds is 7. The van der Waals surface area contributed by atoms with E-state index in [1.165, 1.54) is 97.5 Å². The van der Waals surface area contributed by atoms with Gasteiger partial charge in [0.15, 0.2) is 0 Å². The molecule has 0 aliphatic carbocycles. The molecule has 0 saturated carbocycles. The van der Waals surface area contributed by atoms with Crippen LogP contribution in [0.3, 0.4) is 0 Å². The van der Waals surface area contributed by atoms with Crippen LogP contribution in [0.5, 0.6) is 0 Å². The number of fused-ring (bicyclic) bond motifs is 7. The van der Waals surface area contributed by atoms with Crippen molar-refractivity contribution in [3.63, 3.8) is 0 Å². The Balaban J connectivity index is 0.956. The van der Waals surface area contributed by atoms with Crippen LogP contribution < -0.4 is 4.90 Å². The predicted octanol–water partition coefficient (Wildman–Crippen LogP) is 16.8. The molecule has 0 N–H and O–H groups in total. The van der Waals surface area contributed by atoms with Crippen LogP contribution in [0.25, 0.3) is 91.8 Å². The molecule has 0 unspecified atom stereocenters. The Morgan fingerprint density at radius 2 is 0.902 bits per heavy atom. The molecule has 3 heteroatoms. The summed E-state index contributed by atoms with van der Waals surface area (Å²) in [7, 11) is 0. The molecule has 0 amide bonds. The Labute approximate surface area is 358 Å². The zero-order valence-corrected chi connectivity index (χ0v) is 34.1. The standard InChI is InChI=1S/C58H38N2S/c1-2-18-46-40(14-1)15-12-23-47(46)41-34-36-44(37-35-41)59(56-28-13-24-52-51-22-6-10-29-57(51)61-58(52)56)45-17-11-16-43(38-45)39-30-32-42(33-31-39)48-19-3-7-25-53(48)60-54-26-8-4-20-49(54)50-21-5-9-27-55(50)60/h1-38H. The summed E-state index contributed by atoms with van der Waals surface area (Å²) in [4.78, 5) is 2.43. The molecule has 2 heterocycles. The van der Waals surface area contributed by atoms with Crippen molar-refractivity contribution in [1.29, 1.82) is 0 Å². The summed E-state index contributed by atoms with van der Waals surface area (Å²) in [5.41, 5.74) is 14.2. The highest BCUT2D eigenvalue weighted by molar-refractivity contribution is 7.26. The number of nitrogens with zero attached hydrogens (tertiary/aromatic N) is 2. The second kappa shape index (κ2) is 14.5. The van der Waals surface area contributed by atoms with E-state index in [-0.39, 0.29) is 0 Å². The molecule has 12 rings (SSSR count). The van der Waals surface area contributed by atoms with Crippen LogP contribution in [-0.2, 0) is 0 Å². The molecule has 2 aromatic heterocycles. The first-order valence-corrected chi connectivity index (χ1v) is 21.7. The maximum absolute atomic E-state index is 2.43. The molecular weight excluding hydrogens is 757 g/mol. The minimum atomic E-state index is 1.11. The maximum Gasteiger partial charge on any atom is 0.0640 e. The van der Waals surface area contributed by atoms with Gasteiger partial charge in [0.2, 0.25) is 0 Å². The Hall–Kier alpha value is -7.72. The normalized spacial score (nSPS) is 11.6. The SMILES string of the molecule is c1cc(-c2ccc(-c3ccccc3-n3c4ccccc4c4ccccc43)cc2)cc(N(c2ccc(-c3cccc4ccccc34)cc2)c2cccc3c2sc2ccccc23)c1. The lowest BCUT2D eigenvalue weighted by molar-refractivity contribution is 1.18. The van der Waals surface area contributed by atoms with E-state index >= 15 is 0 Å². The van der Waals surface area contributed by atoms with Gasteiger partial charge >= 0.3 is 0 Å². The highest BCUT2D eigenvalue weighted by Gasteiger charge is 2.20. The summed E-state index contributed by atoms with van der Waals surface area (Å²) in [6.45, 7) is 0. The van der Waals surface area contributed by atoms with Crippen molar-refractivity contribution in [2.45, 2.75) is 0 Å². The van der Waals surface area contributed by atoms with E-state index in [1.807, 2.05) is 11.3 Å². The van der Waals surface area contributed by atoms with Gasteiger partial charge in [-0.05, 0) is 93.2 Å². The second-order valence-electron chi connectivity index (χ2n) is 15.7. The fraction of sp³-hybridized carbons (Fsp3) is 0. The highest BCUT2D eigenvalue weighted by Crippen LogP contribution is 2.46. The number of hydrogen-bond acceptors (Lipinski definition) is 2. The number of aromatic nitrogens is 1. The average molecular weight is 795 g/mol. The third-order valence-electron chi connectivity index (χ3n) is 12.2. The minimum Gasteiger partial charge on any atom is -0.309 e. The minimum absolute atomic E-state index is 1.11. The van der Waals surface area contributed by atoms with Gasteiger partial charge in [0.1, 0.15) is 0 Å². The smallest absolute Gasteiger partial charge is 0.0640 e. The fourth-order valence-corrected chi connectivity index (χ4v) is 10.6. The Kier molecular flexibility index (Phi) is 8.39. The Bertz CT molecular complexity index is 3530. The Morgan fingerprint density at radius 1 is 0.344 bits per heavy atom. The molecule has 2 nitrogen and oxygen atoms in total. The summed E-state index contributed by atoms with van der Waals surface area (Å²) < 4.78 is 4.99.